The molecule has 0 aliphatic carbocycles. The van der Waals surface area contributed by atoms with Crippen molar-refractivity contribution in [1.82, 2.24) is 9.55 Å². The highest BCUT2D eigenvalue weighted by Crippen LogP contribution is 2.36. The van der Waals surface area contributed by atoms with Crippen LogP contribution in [0.3, 0.4) is 0 Å². The van der Waals surface area contributed by atoms with Crippen molar-refractivity contribution in [2.75, 3.05) is 6.79 Å². The maximum absolute atomic E-state index is 11.9. The molecule has 0 fully saturated rings. The summed E-state index contributed by atoms with van der Waals surface area (Å²) in [7, 11) is 0. The van der Waals surface area contributed by atoms with Crippen molar-refractivity contribution in [2.45, 2.75) is 12.5 Å². The number of rotatable bonds is 5. The molecule has 2 aromatic carbocycles. The molecule has 6 heteroatoms. The zero-order valence-corrected chi connectivity index (χ0v) is 13.3. The molecule has 25 heavy (non-hydrogen) atoms. The Hall–Kier alpha value is -3.28. The van der Waals surface area contributed by atoms with E-state index in [4.69, 9.17) is 9.47 Å². The Kier molecular flexibility index (Phi) is 3.85. The topological polar surface area (TPSA) is 73.6 Å². The lowest BCUT2D eigenvalue weighted by atomic mass is 10.1. The molecule has 1 aliphatic heterocycles. The van der Waals surface area contributed by atoms with Crippen LogP contribution in [0.15, 0.2) is 60.9 Å². The summed E-state index contributed by atoms with van der Waals surface area (Å²) in [6, 6.07) is 14.3. The summed E-state index contributed by atoms with van der Waals surface area (Å²) in [5.41, 5.74) is 1.74. The van der Waals surface area contributed by atoms with Crippen molar-refractivity contribution < 1.29 is 19.4 Å². The Morgan fingerprint density at radius 2 is 1.96 bits per heavy atom. The summed E-state index contributed by atoms with van der Waals surface area (Å²) in [6.45, 7) is 0.193. The van der Waals surface area contributed by atoms with Gasteiger partial charge in [0.2, 0.25) is 6.79 Å². The van der Waals surface area contributed by atoms with E-state index >= 15 is 0 Å². The van der Waals surface area contributed by atoms with E-state index in [2.05, 4.69) is 4.98 Å². The van der Waals surface area contributed by atoms with Crippen LogP contribution >= 0.6 is 0 Å². The number of nitrogens with zero attached hydrogens (tertiary/aromatic N) is 2. The third-order valence-electron chi connectivity index (χ3n) is 4.19. The molecule has 2 heterocycles. The summed E-state index contributed by atoms with van der Waals surface area (Å²) in [5, 5.41) is 9.74. The predicted molar refractivity (Wildman–Crippen MR) is 90.6 cm³/mol. The number of benzene rings is 2. The second kappa shape index (κ2) is 6.32. The summed E-state index contributed by atoms with van der Waals surface area (Å²) in [6.07, 6.45) is 3.69. The van der Waals surface area contributed by atoms with E-state index in [0.29, 0.717) is 23.7 Å². The average molecular weight is 336 g/mol. The van der Waals surface area contributed by atoms with Crippen LogP contribution in [0.4, 0.5) is 0 Å². The number of hydrogen-bond donors (Lipinski definition) is 1. The van der Waals surface area contributed by atoms with E-state index in [0.717, 1.165) is 11.1 Å². The molecule has 0 bridgehead atoms. The number of carboxylic acid groups (broad SMARTS) is 1. The molecule has 0 saturated carbocycles. The standard InChI is InChI=1S/C19H16N2O4/c22-19(23)15(10-13-4-2-1-3-5-13)21-9-8-20-18(21)14-6-7-16-17(11-14)25-12-24-16/h1-9,11,15H,10,12H2,(H,22,23). The summed E-state index contributed by atoms with van der Waals surface area (Å²) >= 11 is 0. The van der Waals surface area contributed by atoms with Gasteiger partial charge in [0.25, 0.3) is 0 Å². The van der Waals surface area contributed by atoms with Crippen molar-refractivity contribution in [2.24, 2.45) is 0 Å². The number of aliphatic carboxylic acids is 1. The van der Waals surface area contributed by atoms with E-state index in [1.807, 2.05) is 48.5 Å². The Morgan fingerprint density at radius 3 is 2.76 bits per heavy atom. The number of ether oxygens (including phenoxy) is 2. The van der Waals surface area contributed by atoms with Crippen molar-refractivity contribution in [1.29, 1.82) is 0 Å². The Labute approximate surface area is 144 Å². The monoisotopic (exact) mass is 336 g/mol. The first-order valence-corrected chi connectivity index (χ1v) is 7.92. The minimum Gasteiger partial charge on any atom is -0.480 e. The fourth-order valence-electron chi connectivity index (χ4n) is 2.97. The lowest BCUT2D eigenvalue weighted by molar-refractivity contribution is -0.140. The molecule has 0 saturated heterocycles. The maximum atomic E-state index is 11.9. The smallest absolute Gasteiger partial charge is 0.327 e. The van der Waals surface area contributed by atoms with Crippen LogP contribution in [0.2, 0.25) is 0 Å². The Balaban J connectivity index is 1.70. The van der Waals surface area contributed by atoms with Crippen molar-refractivity contribution in [3.63, 3.8) is 0 Å². The van der Waals surface area contributed by atoms with Gasteiger partial charge in [0.15, 0.2) is 11.5 Å². The van der Waals surface area contributed by atoms with Crippen LogP contribution in [-0.2, 0) is 11.2 Å². The predicted octanol–water partition coefficient (Wildman–Crippen LogP) is 3.15. The number of imidazole rings is 1. The van der Waals surface area contributed by atoms with Crippen molar-refractivity contribution >= 4 is 5.97 Å². The molecule has 1 N–H and O–H groups in total. The zero-order valence-electron chi connectivity index (χ0n) is 13.3. The lowest BCUT2D eigenvalue weighted by Crippen LogP contribution is -2.21. The quantitative estimate of drug-likeness (QED) is 0.775. The van der Waals surface area contributed by atoms with E-state index in [1.165, 1.54) is 0 Å². The molecule has 3 aromatic rings. The number of hydrogen-bond acceptors (Lipinski definition) is 4. The van der Waals surface area contributed by atoms with Gasteiger partial charge in [-0.25, -0.2) is 9.78 Å². The van der Waals surface area contributed by atoms with Crippen LogP contribution in [0.1, 0.15) is 11.6 Å². The van der Waals surface area contributed by atoms with Gasteiger partial charge in [-0.15, -0.1) is 0 Å². The fourth-order valence-corrected chi connectivity index (χ4v) is 2.97. The molecule has 4 rings (SSSR count). The number of carboxylic acids is 1. The fraction of sp³-hybridized carbons (Fsp3) is 0.158. The summed E-state index contributed by atoms with van der Waals surface area (Å²) in [5.74, 6) is 1.01. The van der Waals surface area contributed by atoms with E-state index in [-0.39, 0.29) is 6.79 Å². The molecule has 0 spiro atoms. The average Bonchev–Trinajstić information content (AvgIpc) is 3.28. The van der Waals surface area contributed by atoms with E-state index < -0.39 is 12.0 Å². The molecule has 126 valence electrons. The molecule has 1 atom stereocenters. The van der Waals surface area contributed by atoms with Gasteiger partial charge >= 0.3 is 5.97 Å². The summed E-state index contributed by atoms with van der Waals surface area (Å²) in [4.78, 5) is 16.2. The normalized spacial score (nSPS) is 13.6. The first kappa shape index (κ1) is 15.3. The number of fused-ring (bicyclic) bond motifs is 1. The molecule has 1 aromatic heterocycles. The molecule has 1 unspecified atom stereocenters. The SMILES string of the molecule is O=C(O)C(Cc1ccccc1)n1ccnc1-c1ccc2c(c1)OCO2. The second-order valence-electron chi connectivity index (χ2n) is 5.77. The molecule has 0 amide bonds. The number of carbonyl (C=O) groups is 1. The first-order chi connectivity index (χ1) is 12.2. The Morgan fingerprint density at radius 1 is 1.16 bits per heavy atom. The van der Waals surface area contributed by atoms with Crippen LogP contribution < -0.4 is 9.47 Å². The van der Waals surface area contributed by atoms with Gasteiger partial charge in [-0.05, 0) is 23.8 Å². The molecular formula is C19H16N2O4. The van der Waals surface area contributed by atoms with E-state index in [1.54, 1.807) is 17.0 Å². The highest BCUT2D eigenvalue weighted by Gasteiger charge is 2.24. The highest BCUT2D eigenvalue weighted by molar-refractivity contribution is 5.74. The lowest BCUT2D eigenvalue weighted by Gasteiger charge is -2.17. The minimum atomic E-state index is -0.899. The first-order valence-electron chi connectivity index (χ1n) is 7.92. The van der Waals surface area contributed by atoms with Gasteiger partial charge in [-0.1, -0.05) is 30.3 Å². The van der Waals surface area contributed by atoms with Crippen LogP contribution in [-0.4, -0.2) is 27.4 Å². The Bertz CT molecular complexity index is 905. The number of aromatic nitrogens is 2. The molecular weight excluding hydrogens is 320 g/mol. The van der Waals surface area contributed by atoms with Gasteiger partial charge in [0.05, 0.1) is 0 Å². The second-order valence-corrected chi connectivity index (χ2v) is 5.77. The third kappa shape index (κ3) is 2.94. The van der Waals surface area contributed by atoms with Gasteiger partial charge in [-0.3, -0.25) is 0 Å². The highest BCUT2D eigenvalue weighted by atomic mass is 16.7. The summed E-state index contributed by atoms with van der Waals surface area (Å²) < 4.78 is 12.4. The third-order valence-corrected chi connectivity index (χ3v) is 4.19. The van der Waals surface area contributed by atoms with Crippen LogP contribution in [0, 0.1) is 0 Å². The zero-order chi connectivity index (χ0) is 17.2. The van der Waals surface area contributed by atoms with Gasteiger partial charge in [0, 0.05) is 24.4 Å². The van der Waals surface area contributed by atoms with Crippen LogP contribution in [0.25, 0.3) is 11.4 Å². The molecule has 1 aliphatic rings. The van der Waals surface area contributed by atoms with E-state index in [9.17, 15) is 9.90 Å². The maximum Gasteiger partial charge on any atom is 0.327 e. The van der Waals surface area contributed by atoms with Crippen molar-refractivity contribution in [3.8, 4) is 22.9 Å². The van der Waals surface area contributed by atoms with Gasteiger partial charge < -0.3 is 19.1 Å². The largest absolute Gasteiger partial charge is 0.480 e. The van der Waals surface area contributed by atoms with Gasteiger partial charge in [-0.2, -0.15) is 0 Å². The van der Waals surface area contributed by atoms with Crippen molar-refractivity contribution in [3.05, 3.63) is 66.5 Å². The minimum absolute atomic E-state index is 0.193. The molecule has 0 radical (unpaired) electrons. The van der Waals surface area contributed by atoms with Crippen LogP contribution in [0.5, 0.6) is 11.5 Å². The van der Waals surface area contributed by atoms with Gasteiger partial charge in [0.1, 0.15) is 11.9 Å². The molecule has 6 nitrogen and oxygen atoms in total.